The van der Waals surface area contributed by atoms with Gasteiger partial charge >= 0.3 is 6.09 Å². The molecule has 1 atom stereocenters. The number of nitrogens with two attached hydrogens (primary N) is 1. The van der Waals surface area contributed by atoms with Crippen molar-refractivity contribution < 1.29 is 14.3 Å². The summed E-state index contributed by atoms with van der Waals surface area (Å²) in [7, 11) is 0. The van der Waals surface area contributed by atoms with Gasteiger partial charge in [0, 0.05) is 11.9 Å². The summed E-state index contributed by atoms with van der Waals surface area (Å²) < 4.78 is 5.41. The molecule has 0 aliphatic carbocycles. The number of hydrogen-bond donors (Lipinski definition) is 2. The van der Waals surface area contributed by atoms with Crippen molar-refractivity contribution in [1.82, 2.24) is 15.3 Å². The van der Waals surface area contributed by atoms with Gasteiger partial charge in [-0.15, -0.1) is 11.3 Å². The number of hydrogen-bond acceptors (Lipinski definition) is 6. The molecule has 0 spiro atoms. The van der Waals surface area contributed by atoms with Crippen LogP contribution < -0.4 is 11.3 Å². The van der Waals surface area contributed by atoms with Gasteiger partial charge < -0.3 is 4.74 Å². The molecule has 2 amide bonds. The van der Waals surface area contributed by atoms with Crippen LogP contribution in [0.15, 0.2) is 5.38 Å². The van der Waals surface area contributed by atoms with Crippen molar-refractivity contribution >= 4 is 23.3 Å². The van der Waals surface area contributed by atoms with Crippen LogP contribution >= 0.6 is 11.3 Å². The normalized spacial score (nSPS) is 18.7. The van der Waals surface area contributed by atoms with Crippen LogP contribution in [0.2, 0.25) is 0 Å². The summed E-state index contributed by atoms with van der Waals surface area (Å²) in [5.74, 6) is 4.66. The standard InChI is InChI=1S/C13H20N4O3S/c1-13(2,3)20-12(19)17-6-4-5-9(17)11-15-8(7-21-11)10(18)16-14/h7,9H,4-6,14H2,1-3H3,(H,16,18). The van der Waals surface area contributed by atoms with E-state index in [2.05, 4.69) is 10.4 Å². The topological polar surface area (TPSA) is 97.5 Å². The Morgan fingerprint density at radius 2 is 2.24 bits per heavy atom. The average Bonchev–Trinajstić information content (AvgIpc) is 3.03. The maximum absolute atomic E-state index is 12.2. The van der Waals surface area contributed by atoms with Gasteiger partial charge in [0.25, 0.3) is 5.91 Å². The molecule has 1 unspecified atom stereocenters. The Kier molecular flexibility index (Phi) is 4.48. The molecule has 0 radical (unpaired) electrons. The third kappa shape index (κ3) is 3.70. The predicted octanol–water partition coefficient (Wildman–Crippen LogP) is 1.82. The summed E-state index contributed by atoms with van der Waals surface area (Å²) >= 11 is 1.35. The number of nitrogens with one attached hydrogen (secondary N) is 1. The van der Waals surface area contributed by atoms with Crippen molar-refractivity contribution in [1.29, 1.82) is 0 Å². The van der Waals surface area contributed by atoms with E-state index >= 15 is 0 Å². The van der Waals surface area contributed by atoms with Gasteiger partial charge in [0.1, 0.15) is 16.3 Å². The number of aromatic nitrogens is 1. The van der Waals surface area contributed by atoms with Crippen molar-refractivity contribution in [3.63, 3.8) is 0 Å². The van der Waals surface area contributed by atoms with Gasteiger partial charge in [-0.25, -0.2) is 15.6 Å². The number of nitrogens with zero attached hydrogens (tertiary/aromatic N) is 2. The van der Waals surface area contributed by atoms with Crippen LogP contribution in [0, 0.1) is 0 Å². The first kappa shape index (κ1) is 15.7. The number of ether oxygens (including phenoxy) is 1. The number of carbonyl (C=O) groups is 2. The van der Waals surface area contributed by atoms with E-state index in [0.29, 0.717) is 6.54 Å². The minimum atomic E-state index is -0.530. The molecular formula is C13H20N4O3S. The third-order valence-corrected chi connectivity index (χ3v) is 4.00. The van der Waals surface area contributed by atoms with Gasteiger partial charge in [-0.3, -0.25) is 15.1 Å². The quantitative estimate of drug-likeness (QED) is 0.493. The van der Waals surface area contributed by atoms with E-state index < -0.39 is 11.5 Å². The van der Waals surface area contributed by atoms with Gasteiger partial charge in [0.2, 0.25) is 0 Å². The van der Waals surface area contributed by atoms with Crippen molar-refractivity contribution in [3.8, 4) is 0 Å². The van der Waals surface area contributed by atoms with Crippen LogP contribution in [0.25, 0.3) is 0 Å². The SMILES string of the molecule is CC(C)(C)OC(=O)N1CCCC1c1nc(C(=O)NN)cs1. The largest absolute Gasteiger partial charge is 0.444 e. The van der Waals surface area contributed by atoms with Gasteiger partial charge in [0.15, 0.2) is 0 Å². The van der Waals surface area contributed by atoms with E-state index in [4.69, 9.17) is 10.6 Å². The maximum atomic E-state index is 12.2. The summed E-state index contributed by atoms with van der Waals surface area (Å²) in [5.41, 5.74) is 1.79. The lowest BCUT2D eigenvalue weighted by Gasteiger charge is -2.27. The molecule has 1 aliphatic heterocycles. The van der Waals surface area contributed by atoms with Crippen molar-refractivity contribution in [2.45, 2.75) is 45.3 Å². The number of likely N-dealkylation sites (tertiary alicyclic amines) is 1. The molecular weight excluding hydrogens is 292 g/mol. The Morgan fingerprint density at radius 3 is 2.86 bits per heavy atom. The van der Waals surface area contributed by atoms with E-state index in [-0.39, 0.29) is 17.8 Å². The van der Waals surface area contributed by atoms with E-state index in [1.54, 1.807) is 10.3 Å². The molecule has 7 nitrogen and oxygen atoms in total. The summed E-state index contributed by atoms with van der Waals surface area (Å²) in [6.07, 6.45) is 1.36. The second-order valence-electron chi connectivity index (χ2n) is 5.88. The molecule has 8 heteroatoms. The Hall–Kier alpha value is -1.67. The van der Waals surface area contributed by atoms with Crippen LogP contribution in [0.1, 0.15) is 55.2 Å². The Morgan fingerprint density at radius 1 is 1.52 bits per heavy atom. The lowest BCUT2D eigenvalue weighted by molar-refractivity contribution is 0.0224. The molecule has 116 valence electrons. The highest BCUT2D eigenvalue weighted by atomic mass is 32.1. The Labute approximate surface area is 127 Å². The minimum Gasteiger partial charge on any atom is -0.444 e. The fourth-order valence-electron chi connectivity index (χ4n) is 2.18. The average molecular weight is 312 g/mol. The zero-order valence-corrected chi connectivity index (χ0v) is 13.2. The summed E-state index contributed by atoms with van der Waals surface area (Å²) in [5, 5.41) is 2.38. The molecule has 1 aliphatic rings. The number of rotatable bonds is 2. The first-order valence-corrected chi connectivity index (χ1v) is 7.66. The van der Waals surface area contributed by atoms with Crippen LogP contribution in [0.3, 0.4) is 0 Å². The van der Waals surface area contributed by atoms with E-state index in [0.717, 1.165) is 17.8 Å². The first-order chi connectivity index (χ1) is 9.81. The lowest BCUT2D eigenvalue weighted by Crippen LogP contribution is -2.36. The van der Waals surface area contributed by atoms with Gasteiger partial charge in [0.05, 0.1) is 6.04 Å². The number of amides is 2. The molecule has 3 N–H and O–H groups in total. The van der Waals surface area contributed by atoms with Crippen LogP contribution in [0.4, 0.5) is 4.79 Å². The Bertz CT molecular complexity index is 538. The first-order valence-electron chi connectivity index (χ1n) is 6.78. The third-order valence-electron chi connectivity index (χ3n) is 3.05. The highest BCUT2D eigenvalue weighted by Crippen LogP contribution is 2.34. The second kappa shape index (κ2) is 5.98. The number of thiazole rings is 1. The number of nitrogen functional groups attached to an aromatic ring is 1. The van der Waals surface area contributed by atoms with E-state index in [9.17, 15) is 9.59 Å². The zero-order valence-electron chi connectivity index (χ0n) is 12.4. The molecule has 0 saturated carbocycles. The lowest BCUT2D eigenvalue weighted by atomic mass is 10.2. The van der Waals surface area contributed by atoms with Crippen molar-refractivity contribution in [2.24, 2.45) is 5.84 Å². The van der Waals surface area contributed by atoms with Crippen LogP contribution in [0.5, 0.6) is 0 Å². The zero-order chi connectivity index (χ0) is 15.6. The fraction of sp³-hybridized carbons (Fsp3) is 0.615. The highest BCUT2D eigenvalue weighted by Gasteiger charge is 2.35. The molecule has 2 rings (SSSR count). The van der Waals surface area contributed by atoms with Crippen LogP contribution in [-0.2, 0) is 4.74 Å². The molecule has 0 aromatic carbocycles. The van der Waals surface area contributed by atoms with Gasteiger partial charge in [-0.05, 0) is 33.6 Å². The molecule has 1 fully saturated rings. The fourth-order valence-corrected chi connectivity index (χ4v) is 3.13. The summed E-state index contributed by atoms with van der Waals surface area (Å²) in [4.78, 5) is 29.6. The highest BCUT2D eigenvalue weighted by molar-refractivity contribution is 7.09. The molecule has 1 aromatic heterocycles. The summed E-state index contributed by atoms with van der Waals surface area (Å²) in [6.45, 7) is 6.15. The van der Waals surface area contributed by atoms with E-state index in [1.807, 2.05) is 20.8 Å². The van der Waals surface area contributed by atoms with E-state index in [1.165, 1.54) is 11.3 Å². The number of carbonyl (C=O) groups excluding carboxylic acids is 2. The Balaban J connectivity index is 2.13. The molecule has 2 heterocycles. The molecule has 1 saturated heterocycles. The smallest absolute Gasteiger partial charge is 0.410 e. The molecule has 0 bridgehead atoms. The van der Waals surface area contributed by atoms with Crippen molar-refractivity contribution in [2.75, 3.05) is 6.54 Å². The molecule has 1 aromatic rings. The monoisotopic (exact) mass is 312 g/mol. The van der Waals surface area contributed by atoms with Gasteiger partial charge in [-0.2, -0.15) is 0 Å². The van der Waals surface area contributed by atoms with Crippen LogP contribution in [-0.4, -0.2) is 34.0 Å². The minimum absolute atomic E-state index is 0.135. The molecule has 21 heavy (non-hydrogen) atoms. The van der Waals surface area contributed by atoms with Gasteiger partial charge in [-0.1, -0.05) is 0 Å². The second-order valence-corrected chi connectivity index (χ2v) is 6.77. The predicted molar refractivity (Wildman–Crippen MR) is 78.7 cm³/mol. The summed E-state index contributed by atoms with van der Waals surface area (Å²) in [6, 6.07) is -0.135. The number of hydrazine groups is 1. The maximum Gasteiger partial charge on any atom is 0.410 e. The van der Waals surface area contributed by atoms with Crippen molar-refractivity contribution in [3.05, 3.63) is 16.1 Å².